The lowest BCUT2D eigenvalue weighted by atomic mass is 10.0. The van der Waals surface area contributed by atoms with Crippen LogP contribution in [0, 0.1) is 0 Å². The maximum absolute atomic E-state index is 5.85. The number of anilines is 1. The van der Waals surface area contributed by atoms with E-state index in [-0.39, 0.29) is 0 Å². The van der Waals surface area contributed by atoms with Crippen LogP contribution in [-0.2, 0) is 0 Å². The van der Waals surface area contributed by atoms with E-state index >= 15 is 0 Å². The highest BCUT2D eigenvalue weighted by molar-refractivity contribution is 5.50. The average Bonchev–Trinajstić information content (AvgIpc) is 2.50. The molecule has 0 spiro atoms. The van der Waals surface area contributed by atoms with Crippen molar-refractivity contribution in [2.45, 2.75) is 25.3 Å². The third kappa shape index (κ3) is 3.41. The van der Waals surface area contributed by atoms with Crippen molar-refractivity contribution in [3.63, 3.8) is 0 Å². The molecular formula is C18H19NO. The van der Waals surface area contributed by atoms with Crippen molar-refractivity contribution in [3.8, 4) is 11.5 Å². The molecule has 0 bridgehead atoms. The molecule has 2 nitrogen and oxygen atoms in total. The Hall–Kier alpha value is -2.22. The van der Waals surface area contributed by atoms with Crippen LogP contribution in [0.25, 0.3) is 0 Å². The van der Waals surface area contributed by atoms with Crippen LogP contribution in [0.4, 0.5) is 5.69 Å². The summed E-state index contributed by atoms with van der Waals surface area (Å²) < 4.78 is 5.85. The zero-order valence-electron chi connectivity index (χ0n) is 11.5. The molecule has 1 atom stereocenters. The van der Waals surface area contributed by atoms with Crippen molar-refractivity contribution >= 4 is 5.69 Å². The second-order valence-electron chi connectivity index (χ2n) is 5.05. The summed E-state index contributed by atoms with van der Waals surface area (Å²) in [5.41, 5.74) is 1.11. The SMILES string of the molecule is C1=CC(Nc2cccc(Oc3ccccc3)c2)CCC1. The fraction of sp³-hybridized carbons (Fsp3) is 0.222. The van der Waals surface area contributed by atoms with Gasteiger partial charge in [0.05, 0.1) is 0 Å². The molecule has 2 aromatic carbocycles. The number of rotatable bonds is 4. The van der Waals surface area contributed by atoms with E-state index in [4.69, 9.17) is 4.74 Å². The van der Waals surface area contributed by atoms with Gasteiger partial charge in [-0.1, -0.05) is 36.4 Å². The number of nitrogens with one attached hydrogen (secondary N) is 1. The summed E-state index contributed by atoms with van der Waals surface area (Å²) in [5.74, 6) is 1.73. The Morgan fingerprint density at radius 1 is 0.950 bits per heavy atom. The van der Waals surface area contributed by atoms with Gasteiger partial charge in [-0.3, -0.25) is 0 Å². The van der Waals surface area contributed by atoms with Gasteiger partial charge in [0.25, 0.3) is 0 Å². The van der Waals surface area contributed by atoms with Gasteiger partial charge in [0.2, 0.25) is 0 Å². The van der Waals surface area contributed by atoms with Gasteiger partial charge < -0.3 is 10.1 Å². The maximum Gasteiger partial charge on any atom is 0.129 e. The quantitative estimate of drug-likeness (QED) is 0.785. The fourth-order valence-corrected chi connectivity index (χ4v) is 2.42. The van der Waals surface area contributed by atoms with Gasteiger partial charge >= 0.3 is 0 Å². The molecule has 1 aliphatic carbocycles. The first-order valence-electron chi connectivity index (χ1n) is 7.16. The predicted octanol–water partition coefficient (Wildman–Crippen LogP) is 5.00. The molecule has 102 valence electrons. The highest BCUT2D eigenvalue weighted by Crippen LogP contribution is 2.25. The largest absolute Gasteiger partial charge is 0.457 e. The van der Waals surface area contributed by atoms with Crippen molar-refractivity contribution < 1.29 is 4.74 Å². The lowest BCUT2D eigenvalue weighted by molar-refractivity contribution is 0.483. The minimum absolute atomic E-state index is 0.440. The van der Waals surface area contributed by atoms with E-state index in [0.717, 1.165) is 17.2 Å². The smallest absolute Gasteiger partial charge is 0.129 e. The van der Waals surface area contributed by atoms with Gasteiger partial charge in [0, 0.05) is 17.8 Å². The zero-order chi connectivity index (χ0) is 13.6. The number of para-hydroxylation sites is 1. The van der Waals surface area contributed by atoms with Crippen LogP contribution in [0.5, 0.6) is 11.5 Å². The van der Waals surface area contributed by atoms with Crippen molar-refractivity contribution in [1.82, 2.24) is 0 Å². The van der Waals surface area contributed by atoms with Crippen LogP contribution in [0.2, 0.25) is 0 Å². The Morgan fingerprint density at radius 3 is 2.60 bits per heavy atom. The van der Waals surface area contributed by atoms with Gasteiger partial charge in [0.15, 0.2) is 0 Å². The minimum atomic E-state index is 0.440. The molecule has 1 unspecified atom stereocenters. The number of benzene rings is 2. The molecule has 0 saturated carbocycles. The van der Waals surface area contributed by atoms with Crippen molar-refractivity contribution in [1.29, 1.82) is 0 Å². The van der Waals surface area contributed by atoms with E-state index in [1.54, 1.807) is 0 Å². The van der Waals surface area contributed by atoms with Crippen LogP contribution < -0.4 is 10.1 Å². The molecular weight excluding hydrogens is 246 g/mol. The minimum Gasteiger partial charge on any atom is -0.457 e. The van der Waals surface area contributed by atoms with Crippen LogP contribution in [0.1, 0.15) is 19.3 Å². The van der Waals surface area contributed by atoms with E-state index < -0.39 is 0 Å². The molecule has 0 heterocycles. The second kappa shape index (κ2) is 6.29. The number of allylic oxidation sites excluding steroid dienone is 1. The van der Waals surface area contributed by atoms with E-state index in [1.807, 2.05) is 42.5 Å². The molecule has 0 radical (unpaired) electrons. The summed E-state index contributed by atoms with van der Waals surface area (Å²) in [6.45, 7) is 0. The number of hydrogen-bond acceptors (Lipinski definition) is 2. The van der Waals surface area contributed by atoms with Crippen molar-refractivity contribution in [2.75, 3.05) is 5.32 Å². The second-order valence-corrected chi connectivity index (χ2v) is 5.05. The third-order valence-electron chi connectivity index (χ3n) is 3.42. The molecule has 2 aromatic rings. The molecule has 0 saturated heterocycles. The number of hydrogen-bond donors (Lipinski definition) is 1. The van der Waals surface area contributed by atoms with Crippen LogP contribution in [0.3, 0.4) is 0 Å². The monoisotopic (exact) mass is 265 g/mol. The Kier molecular flexibility index (Phi) is 4.02. The Labute approximate surface area is 120 Å². The summed E-state index contributed by atoms with van der Waals surface area (Å²) in [7, 11) is 0. The molecule has 3 rings (SSSR count). The topological polar surface area (TPSA) is 21.3 Å². The Balaban J connectivity index is 1.69. The average molecular weight is 265 g/mol. The first-order valence-corrected chi connectivity index (χ1v) is 7.16. The van der Waals surface area contributed by atoms with Gasteiger partial charge in [0.1, 0.15) is 11.5 Å². The van der Waals surface area contributed by atoms with Crippen molar-refractivity contribution in [3.05, 3.63) is 66.7 Å². The lowest BCUT2D eigenvalue weighted by Crippen LogP contribution is -2.18. The Bertz CT molecular complexity index is 577. The first kappa shape index (κ1) is 12.8. The van der Waals surface area contributed by atoms with Gasteiger partial charge in [-0.15, -0.1) is 0 Å². The highest BCUT2D eigenvalue weighted by atomic mass is 16.5. The van der Waals surface area contributed by atoms with Crippen molar-refractivity contribution in [2.24, 2.45) is 0 Å². The molecule has 0 amide bonds. The first-order chi connectivity index (χ1) is 9.90. The molecule has 20 heavy (non-hydrogen) atoms. The normalized spacial score (nSPS) is 17.7. The summed E-state index contributed by atoms with van der Waals surface area (Å²) in [5, 5.41) is 3.54. The summed E-state index contributed by atoms with van der Waals surface area (Å²) in [6, 6.07) is 18.4. The van der Waals surface area contributed by atoms with Gasteiger partial charge in [-0.25, -0.2) is 0 Å². The van der Waals surface area contributed by atoms with Crippen LogP contribution in [-0.4, -0.2) is 6.04 Å². The van der Waals surface area contributed by atoms with Crippen LogP contribution >= 0.6 is 0 Å². The Morgan fingerprint density at radius 2 is 1.80 bits per heavy atom. The van der Waals surface area contributed by atoms with Crippen LogP contribution in [0.15, 0.2) is 66.7 Å². The van der Waals surface area contributed by atoms with Gasteiger partial charge in [-0.05, 0) is 43.5 Å². The summed E-state index contributed by atoms with van der Waals surface area (Å²) in [6.07, 6.45) is 8.17. The number of ether oxygens (including phenoxy) is 1. The predicted molar refractivity (Wildman–Crippen MR) is 83.4 cm³/mol. The molecule has 1 aliphatic rings. The molecule has 1 N–H and O–H groups in total. The summed E-state index contributed by atoms with van der Waals surface area (Å²) in [4.78, 5) is 0. The summed E-state index contributed by atoms with van der Waals surface area (Å²) >= 11 is 0. The molecule has 0 aromatic heterocycles. The molecule has 0 fully saturated rings. The standard InChI is InChI=1S/C18H19NO/c1-3-8-15(9-4-1)19-16-10-7-13-18(14-16)20-17-11-5-2-6-12-17/h2-3,5-8,10-15,19H,1,4,9H2. The zero-order valence-corrected chi connectivity index (χ0v) is 11.5. The van der Waals surface area contributed by atoms with E-state index in [2.05, 4.69) is 29.6 Å². The lowest BCUT2D eigenvalue weighted by Gasteiger charge is -2.19. The third-order valence-corrected chi connectivity index (χ3v) is 3.42. The molecule has 0 aliphatic heterocycles. The van der Waals surface area contributed by atoms with E-state index in [0.29, 0.717) is 6.04 Å². The van der Waals surface area contributed by atoms with E-state index in [1.165, 1.54) is 19.3 Å². The fourth-order valence-electron chi connectivity index (χ4n) is 2.42. The maximum atomic E-state index is 5.85. The highest BCUT2D eigenvalue weighted by Gasteiger charge is 2.08. The van der Waals surface area contributed by atoms with Gasteiger partial charge in [-0.2, -0.15) is 0 Å². The molecule has 2 heteroatoms. The van der Waals surface area contributed by atoms with E-state index in [9.17, 15) is 0 Å².